The highest BCUT2D eigenvalue weighted by molar-refractivity contribution is 5.59. The highest BCUT2D eigenvalue weighted by Crippen LogP contribution is 2.24. The number of hydrogen-bond donors (Lipinski definition) is 1. The molecule has 2 rings (SSSR count). The van der Waals surface area contributed by atoms with Gasteiger partial charge in [-0.05, 0) is 17.1 Å². The highest BCUT2D eigenvalue weighted by Gasteiger charge is 2.25. The Kier molecular flexibility index (Phi) is 2.84. The number of nitro groups is 1. The van der Waals surface area contributed by atoms with Crippen LogP contribution in [0.2, 0.25) is 0 Å². The third kappa shape index (κ3) is 1.87. The number of pyridine rings is 1. The molecule has 2 heterocycles. The maximum Gasteiger partial charge on any atom is 0.435 e. The number of rotatable bonds is 3. The zero-order valence-corrected chi connectivity index (χ0v) is 9.07. The van der Waals surface area contributed by atoms with E-state index in [9.17, 15) is 15.2 Å². The number of nitrogens with zero attached hydrogens (tertiary/aromatic N) is 4. The fraction of sp³-hybridized carbons (Fsp3) is 0.200. The first-order valence-electron chi connectivity index (χ1n) is 4.87. The van der Waals surface area contributed by atoms with Gasteiger partial charge in [0.15, 0.2) is 0 Å². The van der Waals surface area contributed by atoms with Gasteiger partial charge in [0, 0.05) is 6.20 Å². The maximum atomic E-state index is 10.8. The van der Waals surface area contributed by atoms with Gasteiger partial charge >= 0.3 is 5.95 Å². The molecule has 0 aromatic carbocycles. The number of hydrogen-bond acceptors (Lipinski definition) is 5. The smallest absolute Gasteiger partial charge is 0.390 e. The monoisotopic (exact) mass is 234 g/mol. The van der Waals surface area contributed by atoms with E-state index in [-0.39, 0.29) is 12.6 Å². The van der Waals surface area contributed by atoms with Crippen LogP contribution in [0, 0.1) is 10.1 Å². The Hall–Kier alpha value is -2.28. The summed E-state index contributed by atoms with van der Waals surface area (Å²) in [5.41, 5.74) is 1.21. The van der Waals surface area contributed by atoms with Crippen molar-refractivity contribution in [1.82, 2.24) is 14.5 Å². The number of aliphatic hydroxyl groups is 1. The molecule has 88 valence electrons. The minimum Gasteiger partial charge on any atom is -0.390 e. The van der Waals surface area contributed by atoms with Crippen LogP contribution in [0.5, 0.6) is 0 Å². The van der Waals surface area contributed by atoms with Crippen molar-refractivity contribution in [2.45, 2.75) is 6.61 Å². The summed E-state index contributed by atoms with van der Waals surface area (Å²) in [4.78, 5) is 18.1. The van der Waals surface area contributed by atoms with Gasteiger partial charge in [-0.1, -0.05) is 11.1 Å². The summed E-state index contributed by atoms with van der Waals surface area (Å²) in [6.07, 6.45) is 1.57. The first-order chi connectivity index (χ1) is 8.15. The van der Waals surface area contributed by atoms with E-state index in [1.807, 2.05) is 0 Å². The Bertz CT molecular complexity index is 550. The molecule has 0 radical (unpaired) electrons. The summed E-state index contributed by atoms with van der Waals surface area (Å²) < 4.78 is 1.25. The predicted octanol–water partition coefficient (Wildman–Crippen LogP) is 0.883. The Morgan fingerprint density at radius 3 is 2.82 bits per heavy atom. The van der Waals surface area contributed by atoms with Crippen molar-refractivity contribution >= 4 is 5.95 Å². The van der Waals surface area contributed by atoms with Gasteiger partial charge in [0.2, 0.25) is 5.69 Å². The van der Waals surface area contributed by atoms with Crippen molar-refractivity contribution in [3.05, 3.63) is 40.2 Å². The lowest BCUT2D eigenvalue weighted by Crippen LogP contribution is -2.02. The maximum absolute atomic E-state index is 10.8. The molecule has 0 bridgehead atoms. The molecule has 0 saturated heterocycles. The Balaban J connectivity index is 2.62. The van der Waals surface area contributed by atoms with Crippen LogP contribution in [0.25, 0.3) is 11.4 Å². The van der Waals surface area contributed by atoms with Crippen LogP contribution in [0.4, 0.5) is 5.95 Å². The second-order valence-electron chi connectivity index (χ2n) is 3.40. The van der Waals surface area contributed by atoms with Crippen molar-refractivity contribution in [2.75, 3.05) is 0 Å². The third-order valence-corrected chi connectivity index (χ3v) is 2.41. The zero-order valence-electron chi connectivity index (χ0n) is 9.07. The fourth-order valence-electron chi connectivity index (χ4n) is 1.57. The molecule has 0 spiro atoms. The summed E-state index contributed by atoms with van der Waals surface area (Å²) in [6, 6.07) is 5.18. The van der Waals surface area contributed by atoms with Crippen LogP contribution in [0.3, 0.4) is 0 Å². The molecule has 17 heavy (non-hydrogen) atoms. The molecule has 0 saturated carbocycles. The molecule has 0 amide bonds. The summed E-state index contributed by atoms with van der Waals surface area (Å²) in [6.45, 7) is -0.330. The van der Waals surface area contributed by atoms with E-state index < -0.39 is 4.92 Å². The molecule has 0 aliphatic rings. The molecule has 7 heteroatoms. The molecule has 2 aromatic rings. The van der Waals surface area contributed by atoms with E-state index in [2.05, 4.69) is 9.97 Å². The van der Waals surface area contributed by atoms with E-state index in [1.54, 1.807) is 24.4 Å². The third-order valence-electron chi connectivity index (χ3n) is 2.41. The summed E-state index contributed by atoms with van der Waals surface area (Å²) >= 11 is 0. The van der Waals surface area contributed by atoms with Crippen molar-refractivity contribution < 1.29 is 10.0 Å². The summed E-state index contributed by atoms with van der Waals surface area (Å²) in [5.74, 6) is -0.310. The molecular formula is C10H10N4O3. The quantitative estimate of drug-likeness (QED) is 0.628. The van der Waals surface area contributed by atoms with Gasteiger partial charge in [-0.3, -0.25) is 4.98 Å². The van der Waals surface area contributed by atoms with Crippen LogP contribution in [-0.4, -0.2) is 24.6 Å². The lowest BCUT2D eigenvalue weighted by Gasteiger charge is -1.97. The average Bonchev–Trinajstić information content (AvgIpc) is 2.67. The van der Waals surface area contributed by atoms with E-state index in [0.29, 0.717) is 17.1 Å². The molecule has 7 nitrogen and oxygen atoms in total. The van der Waals surface area contributed by atoms with E-state index >= 15 is 0 Å². The minimum atomic E-state index is -0.592. The van der Waals surface area contributed by atoms with Gasteiger partial charge < -0.3 is 15.2 Å². The normalized spacial score (nSPS) is 10.5. The first kappa shape index (κ1) is 11.2. The van der Waals surface area contributed by atoms with Gasteiger partial charge in [-0.25, -0.2) is 4.57 Å². The van der Waals surface area contributed by atoms with Crippen LogP contribution in [-0.2, 0) is 13.7 Å². The van der Waals surface area contributed by atoms with Gasteiger partial charge in [0.05, 0.1) is 7.05 Å². The minimum absolute atomic E-state index is 0.310. The first-order valence-corrected chi connectivity index (χ1v) is 4.87. The van der Waals surface area contributed by atoms with Crippen molar-refractivity contribution in [2.24, 2.45) is 7.05 Å². The largest absolute Gasteiger partial charge is 0.435 e. The second-order valence-corrected chi connectivity index (χ2v) is 3.40. The highest BCUT2D eigenvalue weighted by atomic mass is 16.6. The Morgan fingerprint density at radius 1 is 1.53 bits per heavy atom. The van der Waals surface area contributed by atoms with Crippen molar-refractivity contribution in [3.8, 4) is 11.4 Å². The lowest BCUT2D eigenvalue weighted by molar-refractivity contribution is -0.396. The van der Waals surface area contributed by atoms with Crippen LogP contribution >= 0.6 is 0 Å². The van der Waals surface area contributed by atoms with Gasteiger partial charge in [-0.15, -0.1) is 0 Å². The molecule has 0 aliphatic heterocycles. The molecule has 2 aromatic heterocycles. The van der Waals surface area contributed by atoms with Gasteiger partial charge in [0.1, 0.15) is 18.0 Å². The van der Waals surface area contributed by atoms with Crippen molar-refractivity contribution in [3.63, 3.8) is 0 Å². The molecule has 1 N–H and O–H groups in total. The van der Waals surface area contributed by atoms with Crippen molar-refractivity contribution in [1.29, 1.82) is 0 Å². The molecule has 0 atom stereocenters. The van der Waals surface area contributed by atoms with Crippen LogP contribution in [0.15, 0.2) is 24.4 Å². The summed E-state index contributed by atoms with van der Waals surface area (Å²) in [5, 5.41) is 20.0. The second kappa shape index (κ2) is 4.30. The van der Waals surface area contributed by atoms with Crippen LogP contribution < -0.4 is 0 Å². The SMILES string of the molecule is Cn1c([N+](=O)[O-])nc(-c2ccccn2)c1CO. The Morgan fingerprint density at radius 2 is 2.29 bits per heavy atom. The average molecular weight is 234 g/mol. The summed E-state index contributed by atoms with van der Waals surface area (Å²) in [7, 11) is 1.49. The number of aromatic nitrogens is 3. The lowest BCUT2D eigenvalue weighted by atomic mass is 10.2. The fourth-order valence-corrected chi connectivity index (χ4v) is 1.57. The Labute approximate surface area is 96.5 Å². The topological polar surface area (TPSA) is 94.1 Å². The molecule has 0 aliphatic carbocycles. The zero-order chi connectivity index (χ0) is 12.4. The molecule has 0 unspecified atom stereocenters. The van der Waals surface area contributed by atoms with Crippen LogP contribution in [0.1, 0.15) is 5.69 Å². The van der Waals surface area contributed by atoms with Gasteiger partial charge in [-0.2, -0.15) is 0 Å². The van der Waals surface area contributed by atoms with E-state index in [4.69, 9.17) is 0 Å². The number of imidazole rings is 1. The van der Waals surface area contributed by atoms with Gasteiger partial charge in [0.25, 0.3) is 0 Å². The standard InChI is InChI=1S/C10H10N4O3/c1-13-8(6-15)9(12-10(13)14(16)17)7-4-2-3-5-11-7/h2-5,15H,6H2,1H3. The molecule has 0 fully saturated rings. The van der Waals surface area contributed by atoms with E-state index in [1.165, 1.54) is 11.6 Å². The number of aliphatic hydroxyl groups excluding tert-OH is 1. The molecular weight excluding hydrogens is 224 g/mol. The predicted molar refractivity (Wildman–Crippen MR) is 59.0 cm³/mol. The van der Waals surface area contributed by atoms with E-state index in [0.717, 1.165) is 0 Å².